The summed E-state index contributed by atoms with van der Waals surface area (Å²) in [5.41, 5.74) is 0. The number of rotatable bonds is 6. The maximum absolute atomic E-state index is 12.4. The Hall–Kier alpha value is -0.970. The molecule has 0 N–H and O–H groups in total. The third-order valence-corrected chi connectivity index (χ3v) is 4.41. The van der Waals surface area contributed by atoms with E-state index in [0.29, 0.717) is 12.6 Å². The molecule has 2 rings (SSSR count). The molecule has 1 aromatic heterocycles. The van der Waals surface area contributed by atoms with E-state index in [9.17, 15) is 4.39 Å². The van der Waals surface area contributed by atoms with E-state index in [4.69, 9.17) is 0 Å². The quantitative estimate of drug-likeness (QED) is 0.795. The van der Waals surface area contributed by atoms with Gasteiger partial charge in [-0.25, -0.2) is 14.1 Å². The molecule has 108 valence electrons. The molecule has 1 aliphatic carbocycles. The Balaban J connectivity index is 1.91. The van der Waals surface area contributed by atoms with Crippen molar-refractivity contribution in [2.45, 2.75) is 58.2 Å². The van der Waals surface area contributed by atoms with Gasteiger partial charge >= 0.3 is 0 Å². The lowest BCUT2D eigenvalue weighted by atomic mass is 9.84. The standard InChI is InChI=1S/C14H25FN4/c1-12(13-6-4-3-5-7-13)18(2)10-14-16-11-17-19(14)9-8-15/h11-13H,3-10H2,1-2H3/t12-/m0/s1. The summed E-state index contributed by atoms with van der Waals surface area (Å²) in [7, 11) is 2.13. The predicted octanol–water partition coefficient (Wildman–Crippen LogP) is 2.65. The highest BCUT2D eigenvalue weighted by Crippen LogP contribution is 2.28. The van der Waals surface area contributed by atoms with Crippen LogP contribution >= 0.6 is 0 Å². The Kier molecular flexibility index (Phi) is 5.31. The normalized spacial score (nSPS) is 18.9. The maximum atomic E-state index is 12.4. The molecule has 1 saturated carbocycles. The van der Waals surface area contributed by atoms with Gasteiger partial charge in [-0.15, -0.1) is 0 Å². The number of hydrogen-bond acceptors (Lipinski definition) is 3. The zero-order valence-corrected chi connectivity index (χ0v) is 12.1. The fourth-order valence-electron chi connectivity index (χ4n) is 3.02. The van der Waals surface area contributed by atoms with Crippen LogP contribution in [0.2, 0.25) is 0 Å². The highest BCUT2D eigenvalue weighted by atomic mass is 19.1. The van der Waals surface area contributed by atoms with Crippen molar-refractivity contribution in [1.82, 2.24) is 19.7 Å². The van der Waals surface area contributed by atoms with Crippen LogP contribution in [0.25, 0.3) is 0 Å². The molecular weight excluding hydrogens is 243 g/mol. The van der Waals surface area contributed by atoms with Gasteiger partial charge in [0.2, 0.25) is 0 Å². The topological polar surface area (TPSA) is 34.0 Å². The van der Waals surface area contributed by atoms with Crippen molar-refractivity contribution >= 4 is 0 Å². The summed E-state index contributed by atoms with van der Waals surface area (Å²) in [4.78, 5) is 6.57. The summed E-state index contributed by atoms with van der Waals surface area (Å²) in [6, 6.07) is 0.552. The highest BCUT2D eigenvalue weighted by Gasteiger charge is 2.23. The molecule has 1 aliphatic rings. The fourth-order valence-corrected chi connectivity index (χ4v) is 3.02. The summed E-state index contributed by atoms with van der Waals surface area (Å²) in [5, 5.41) is 4.07. The van der Waals surface area contributed by atoms with Gasteiger partial charge in [-0.1, -0.05) is 19.3 Å². The molecule has 0 aromatic carbocycles. The second kappa shape index (κ2) is 6.98. The molecular formula is C14H25FN4. The minimum absolute atomic E-state index is 0.307. The average molecular weight is 268 g/mol. The molecule has 0 aliphatic heterocycles. The third-order valence-electron chi connectivity index (χ3n) is 4.41. The van der Waals surface area contributed by atoms with Gasteiger partial charge in [-0.05, 0) is 32.7 Å². The molecule has 1 heterocycles. The summed E-state index contributed by atoms with van der Waals surface area (Å²) >= 11 is 0. The van der Waals surface area contributed by atoms with E-state index in [1.54, 1.807) is 4.68 Å². The minimum Gasteiger partial charge on any atom is -0.296 e. The minimum atomic E-state index is -0.391. The van der Waals surface area contributed by atoms with E-state index < -0.39 is 6.67 Å². The van der Waals surface area contributed by atoms with E-state index in [1.807, 2.05) is 0 Å². The lowest BCUT2D eigenvalue weighted by Gasteiger charge is -2.34. The molecule has 0 radical (unpaired) electrons. The van der Waals surface area contributed by atoms with Crippen LogP contribution in [0.1, 0.15) is 44.9 Å². The summed E-state index contributed by atoms with van der Waals surface area (Å²) in [6.07, 6.45) is 8.30. The lowest BCUT2D eigenvalue weighted by Crippen LogP contribution is -2.36. The van der Waals surface area contributed by atoms with Crippen molar-refractivity contribution in [3.05, 3.63) is 12.2 Å². The lowest BCUT2D eigenvalue weighted by molar-refractivity contribution is 0.146. The van der Waals surface area contributed by atoms with Crippen LogP contribution < -0.4 is 0 Å². The van der Waals surface area contributed by atoms with Gasteiger partial charge < -0.3 is 0 Å². The highest BCUT2D eigenvalue weighted by molar-refractivity contribution is 4.87. The molecule has 19 heavy (non-hydrogen) atoms. The molecule has 1 fully saturated rings. The Morgan fingerprint density at radius 1 is 1.42 bits per heavy atom. The van der Waals surface area contributed by atoms with Crippen molar-refractivity contribution < 1.29 is 4.39 Å². The number of hydrogen-bond donors (Lipinski definition) is 0. The van der Waals surface area contributed by atoms with Gasteiger partial charge in [0.05, 0.1) is 13.1 Å². The van der Waals surface area contributed by atoms with Crippen molar-refractivity contribution in [2.75, 3.05) is 13.7 Å². The first-order valence-electron chi connectivity index (χ1n) is 7.35. The monoisotopic (exact) mass is 268 g/mol. The molecule has 4 nitrogen and oxygen atoms in total. The van der Waals surface area contributed by atoms with E-state index >= 15 is 0 Å². The van der Waals surface area contributed by atoms with Gasteiger partial charge in [-0.3, -0.25) is 4.90 Å². The van der Waals surface area contributed by atoms with Crippen LogP contribution in [0, 0.1) is 5.92 Å². The molecule has 5 heteroatoms. The first kappa shape index (κ1) is 14.4. The third kappa shape index (κ3) is 3.75. The van der Waals surface area contributed by atoms with Crippen molar-refractivity contribution in [2.24, 2.45) is 5.92 Å². The van der Waals surface area contributed by atoms with Crippen molar-refractivity contribution in [3.63, 3.8) is 0 Å². The fraction of sp³-hybridized carbons (Fsp3) is 0.857. The SMILES string of the molecule is C[C@@H](C1CCCCC1)N(C)Cc1ncnn1CCF. The first-order chi connectivity index (χ1) is 9.22. The number of alkyl halides is 1. The van der Waals surface area contributed by atoms with Crippen LogP contribution in [0.15, 0.2) is 6.33 Å². The van der Waals surface area contributed by atoms with Crippen LogP contribution in [-0.2, 0) is 13.1 Å². The zero-order valence-electron chi connectivity index (χ0n) is 12.1. The maximum Gasteiger partial charge on any atom is 0.141 e. The predicted molar refractivity (Wildman–Crippen MR) is 73.5 cm³/mol. The zero-order chi connectivity index (χ0) is 13.7. The van der Waals surface area contributed by atoms with E-state index in [0.717, 1.165) is 18.3 Å². The smallest absolute Gasteiger partial charge is 0.141 e. The molecule has 1 atom stereocenters. The van der Waals surface area contributed by atoms with Gasteiger partial charge in [0.1, 0.15) is 18.8 Å². The average Bonchev–Trinajstić information content (AvgIpc) is 2.86. The molecule has 0 spiro atoms. The van der Waals surface area contributed by atoms with Crippen molar-refractivity contribution in [3.8, 4) is 0 Å². The van der Waals surface area contributed by atoms with Gasteiger partial charge in [0.25, 0.3) is 0 Å². The number of halogens is 1. The summed E-state index contributed by atoms with van der Waals surface area (Å²) in [5.74, 6) is 1.65. The van der Waals surface area contributed by atoms with Gasteiger partial charge in [-0.2, -0.15) is 5.10 Å². The second-order valence-corrected chi connectivity index (χ2v) is 5.64. The number of aromatic nitrogens is 3. The van der Waals surface area contributed by atoms with Crippen LogP contribution in [0.5, 0.6) is 0 Å². The molecule has 0 amide bonds. The first-order valence-corrected chi connectivity index (χ1v) is 7.35. The molecule has 0 bridgehead atoms. The largest absolute Gasteiger partial charge is 0.296 e. The second-order valence-electron chi connectivity index (χ2n) is 5.64. The van der Waals surface area contributed by atoms with Crippen LogP contribution in [0.3, 0.4) is 0 Å². The molecule has 0 unspecified atom stereocenters. The number of nitrogens with zero attached hydrogens (tertiary/aromatic N) is 4. The Bertz CT molecular complexity index is 373. The van der Waals surface area contributed by atoms with Gasteiger partial charge in [0, 0.05) is 6.04 Å². The van der Waals surface area contributed by atoms with E-state index in [1.165, 1.54) is 38.4 Å². The molecule has 0 saturated heterocycles. The van der Waals surface area contributed by atoms with Crippen LogP contribution in [-0.4, -0.2) is 39.4 Å². The Labute approximate surface area is 115 Å². The van der Waals surface area contributed by atoms with Gasteiger partial charge in [0.15, 0.2) is 0 Å². The van der Waals surface area contributed by atoms with E-state index in [2.05, 4.69) is 29.0 Å². The Morgan fingerprint density at radius 3 is 2.84 bits per heavy atom. The van der Waals surface area contributed by atoms with Crippen molar-refractivity contribution in [1.29, 1.82) is 0 Å². The molecule has 1 aromatic rings. The summed E-state index contributed by atoms with van der Waals surface area (Å²) < 4.78 is 14.1. The number of aryl methyl sites for hydroxylation is 1. The summed E-state index contributed by atoms with van der Waals surface area (Å²) in [6.45, 7) is 2.96. The van der Waals surface area contributed by atoms with Crippen LogP contribution in [0.4, 0.5) is 4.39 Å². The van der Waals surface area contributed by atoms with E-state index in [-0.39, 0.29) is 0 Å². The Morgan fingerprint density at radius 2 is 2.16 bits per heavy atom.